The Morgan fingerprint density at radius 1 is 1.31 bits per heavy atom. The monoisotopic (exact) mass is 385 g/mol. The van der Waals surface area contributed by atoms with E-state index < -0.39 is 22.9 Å². The van der Waals surface area contributed by atoms with Crippen molar-refractivity contribution in [1.29, 1.82) is 0 Å². The van der Waals surface area contributed by atoms with Crippen LogP contribution in [0.25, 0.3) is 11.0 Å². The molecule has 0 aliphatic heterocycles. The average molecular weight is 385 g/mol. The third kappa shape index (κ3) is 5.14. The summed E-state index contributed by atoms with van der Waals surface area (Å²) in [5.41, 5.74) is 1.36. The fourth-order valence-corrected chi connectivity index (χ4v) is 3.27. The molecule has 0 bridgehead atoms. The van der Waals surface area contributed by atoms with Crippen molar-refractivity contribution in [2.75, 3.05) is 20.3 Å². The van der Waals surface area contributed by atoms with Gasteiger partial charge in [0.15, 0.2) is 0 Å². The molecule has 132 valence electrons. The van der Waals surface area contributed by atoms with Crippen LogP contribution in [-0.4, -0.2) is 34.5 Å². The zero-order chi connectivity index (χ0) is 21.1. The van der Waals surface area contributed by atoms with Gasteiger partial charge < -0.3 is 19.4 Å². The smallest absolute Gasteiger partial charge is 0.493 e. The molecule has 0 saturated heterocycles. The van der Waals surface area contributed by atoms with Crippen molar-refractivity contribution < 1.29 is 48.7 Å². The molecule has 1 unspecified atom stereocenters. The summed E-state index contributed by atoms with van der Waals surface area (Å²) in [5.74, 6) is 0.691. The van der Waals surface area contributed by atoms with Crippen molar-refractivity contribution in [3.05, 3.63) is 47.7 Å². The molecule has 0 radical (unpaired) electrons. The summed E-state index contributed by atoms with van der Waals surface area (Å²) in [6.07, 6.45) is 2.32. The van der Waals surface area contributed by atoms with Gasteiger partial charge in [0.25, 0.3) is 0 Å². The molecule has 1 atom stereocenters. The molecule has 26 heavy (non-hydrogen) atoms. The van der Waals surface area contributed by atoms with E-state index in [1.807, 2.05) is 6.92 Å². The molecule has 3 aromatic rings. The van der Waals surface area contributed by atoms with Crippen LogP contribution in [0.1, 0.15) is 23.2 Å². The average Bonchev–Trinajstić information content (AvgIpc) is 3.16. The zero-order valence-electron chi connectivity index (χ0n) is 19.0. The Kier molecular flexibility index (Phi) is 6.18. The number of methoxy groups -OCH3 is 1. The molecular formula is C18H20N3NaO3S. The van der Waals surface area contributed by atoms with Gasteiger partial charge in [-0.15, -0.1) is 0 Å². The van der Waals surface area contributed by atoms with Gasteiger partial charge in [0.1, 0.15) is 5.75 Å². The minimum Gasteiger partial charge on any atom is -0.493 e. The number of benzene rings is 1. The summed E-state index contributed by atoms with van der Waals surface area (Å²) in [5, 5.41) is -0.0420. The van der Waals surface area contributed by atoms with Crippen molar-refractivity contribution >= 4 is 21.8 Å². The van der Waals surface area contributed by atoms with Crippen molar-refractivity contribution in [2.24, 2.45) is 0 Å². The van der Waals surface area contributed by atoms with Crippen LogP contribution in [0.4, 0.5) is 0 Å². The van der Waals surface area contributed by atoms with Gasteiger partial charge in [0.05, 0.1) is 34.3 Å². The first-order valence-corrected chi connectivity index (χ1v) is 9.02. The molecule has 0 fully saturated rings. The summed E-state index contributed by atoms with van der Waals surface area (Å²) in [7, 11) is -0.0453. The number of rotatable bonds is 8. The second-order valence-corrected chi connectivity index (χ2v) is 6.61. The first-order valence-electron chi connectivity index (χ1n) is 9.70. The van der Waals surface area contributed by atoms with Gasteiger partial charge in [-0.3, -0.25) is 9.19 Å². The number of imidazole rings is 1. The predicted octanol–water partition coefficient (Wildman–Crippen LogP) is -0.377. The fourth-order valence-electron chi connectivity index (χ4n) is 2.21. The predicted molar refractivity (Wildman–Crippen MR) is 96.1 cm³/mol. The van der Waals surface area contributed by atoms with Gasteiger partial charge in [0.2, 0.25) is 0 Å². The molecular weight excluding hydrogens is 361 g/mol. The van der Waals surface area contributed by atoms with E-state index in [9.17, 15) is 4.21 Å². The van der Waals surface area contributed by atoms with Crippen molar-refractivity contribution in [3.63, 3.8) is 0 Å². The molecule has 0 amide bonds. The van der Waals surface area contributed by atoms with E-state index >= 15 is 0 Å². The maximum atomic E-state index is 12.8. The van der Waals surface area contributed by atoms with Gasteiger partial charge >= 0.3 is 29.6 Å². The molecule has 0 aliphatic rings. The first kappa shape index (κ1) is 15.8. The maximum absolute atomic E-state index is 12.8. The van der Waals surface area contributed by atoms with Gasteiger partial charge in [-0.1, -0.05) is 24.2 Å². The first-order chi connectivity index (χ1) is 13.8. The van der Waals surface area contributed by atoms with Crippen LogP contribution < -0.4 is 39.3 Å². The van der Waals surface area contributed by atoms with Crippen molar-refractivity contribution in [1.82, 2.24) is 15.0 Å². The molecule has 1 aromatic carbocycles. The van der Waals surface area contributed by atoms with E-state index in [4.69, 9.17) is 15.0 Å². The minimum absolute atomic E-state index is 0. The third-order valence-electron chi connectivity index (χ3n) is 3.54. The molecule has 2 aromatic heterocycles. The van der Waals surface area contributed by atoms with Gasteiger partial charge in [-0.2, -0.15) is 0 Å². The largest absolute Gasteiger partial charge is 1.00 e. The Balaban J connectivity index is 0.00000320. The Hall–Kier alpha value is -1.25. The molecule has 3 rings (SSSR count). The van der Waals surface area contributed by atoms with E-state index in [1.165, 1.54) is 0 Å². The van der Waals surface area contributed by atoms with E-state index in [0.717, 1.165) is 12.0 Å². The van der Waals surface area contributed by atoms with Crippen LogP contribution in [-0.2, 0) is 21.3 Å². The van der Waals surface area contributed by atoms with Gasteiger partial charge in [0, 0.05) is 37.1 Å². The van der Waals surface area contributed by atoms with Crippen LogP contribution >= 0.6 is 0 Å². The van der Waals surface area contributed by atoms with E-state index in [0.29, 0.717) is 24.7 Å². The summed E-state index contributed by atoms with van der Waals surface area (Å²) in [6, 6.07) is 0.368. The van der Waals surface area contributed by atoms with Crippen LogP contribution in [0.5, 0.6) is 5.75 Å². The molecule has 0 aliphatic carbocycles. The SMILES string of the molecule is [2H]c1c([2H])c([2H])c2[n-]c(S(=O)Cc3nccc(OCCCOC)c3C)nc2c1[2H].[Na+]. The summed E-state index contributed by atoms with van der Waals surface area (Å²) in [4.78, 5) is 12.5. The number of hydrogen-bond acceptors (Lipinski definition) is 5. The van der Waals surface area contributed by atoms with Crippen molar-refractivity contribution in [3.8, 4) is 5.75 Å². The number of para-hydroxylation sites is 2. The maximum Gasteiger partial charge on any atom is 1.00 e. The molecule has 6 nitrogen and oxygen atoms in total. The van der Waals surface area contributed by atoms with Crippen LogP contribution in [0.3, 0.4) is 0 Å². The normalized spacial score (nSPS) is 14.1. The Morgan fingerprint density at radius 2 is 2.12 bits per heavy atom. The standard InChI is InChI=1S/C18H20N3O3S.Na/c1-13-16(19-9-8-17(13)24-11-5-10-23-2)12-25(22)18-20-14-6-3-4-7-15(14)21-18;/h3-4,6-9H,5,10-12H2,1-2H3;/q-1;+1/i3D,4D,6D,7D;. The second-order valence-electron chi connectivity index (χ2n) is 5.27. The van der Waals surface area contributed by atoms with E-state index in [1.54, 1.807) is 19.4 Å². The summed E-state index contributed by atoms with van der Waals surface area (Å²) < 4.78 is 54.8. The van der Waals surface area contributed by atoms with Gasteiger partial charge in [-0.25, -0.2) is 0 Å². The number of fused-ring (bicyclic) bond motifs is 1. The fraction of sp³-hybridized carbons (Fsp3) is 0.333. The number of hydrogen-bond donors (Lipinski definition) is 0. The Morgan fingerprint density at radius 3 is 2.92 bits per heavy atom. The minimum atomic E-state index is -1.67. The van der Waals surface area contributed by atoms with Crippen LogP contribution in [0.2, 0.25) is 0 Å². The second kappa shape index (κ2) is 10.2. The van der Waals surface area contributed by atoms with Crippen molar-refractivity contribution in [2.45, 2.75) is 24.3 Å². The number of aromatic nitrogens is 3. The zero-order valence-corrected chi connectivity index (χ0v) is 17.8. The summed E-state index contributed by atoms with van der Waals surface area (Å²) in [6.45, 7) is 2.91. The molecule has 8 heteroatoms. The van der Waals surface area contributed by atoms with Crippen LogP contribution in [0, 0.1) is 6.92 Å². The number of nitrogens with zero attached hydrogens (tertiary/aromatic N) is 3. The summed E-state index contributed by atoms with van der Waals surface area (Å²) >= 11 is 0. The topological polar surface area (TPSA) is 75.4 Å². The third-order valence-corrected chi connectivity index (χ3v) is 4.67. The van der Waals surface area contributed by atoms with E-state index in [2.05, 4.69) is 15.0 Å². The number of pyridine rings is 1. The molecule has 0 N–H and O–H groups in total. The Labute approximate surface area is 183 Å². The van der Waals surface area contributed by atoms with Crippen LogP contribution in [0.15, 0.2) is 41.6 Å². The van der Waals surface area contributed by atoms with E-state index in [-0.39, 0.29) is 63.6 Å². The molecule has 0 saturated carbocycles. The Bertz CT molecular complexity index is 1040. The quantitative estimate of drug-likeness (QED) is 0.389. The number of ether oxygens (including phenoxy) is 2. The molecule has 2 heterocycles. The molecule has 0 spiro atoms. The van der Waals surface area contributed by atoms with Gasteiger partial charge in [-0.05, 0) is 24.0 Å².